The molecule has 0 saturated heterocycles. The van der Waals surface area contributed by atoms with Crippen LogP contribution < -0.4 is 0 Å². The lowest BCUT2D eigenvalue weighted by molar-refractivity contribution is 0.0219. The number of phenolic OH excluding ortho intramolecular Hbond substituents is 1. The Balaban J connectivity index is 2.29. The van der Waals surface area contributed by atoms with E-state index in [0.29, 0.717) is 29.7 Å². The van der Waals surface area contributed by atoms with E-state index in [4.69, 9.17) is 9.47 Å². The van der Waals surface area contributed by atoms with Gasteiger partial charge in [0.05, 0.1) is 18.7 Å². The van der Waals surface area contributed by atoms with Crippen LogP contribution in [0.3, 0.4) is 0 Å². The Hall–Kier alpha value is -2.24. The lowest BCUT2D eigenvalue weighted by atomic mass is 9.94. The fourth-order valence-electron chi connectivity index (χ4n) is 2.54. The fourth-order valence-corrected chi connectivity index (χ4v) is 2.54. The van der Waals surface area contributed by atoms with E-state index in [0.717, 1.165) is 0 Å². The topological polar surface area (TPSA) is 76.1 Å². The van der Waals surface area contributed by atoms with Crippen molar-refractivity contribution < 1.29 is 24.2 Å². The van der Waals surface area contributed by atoms with Crippen molar-refractivity contribution in [3.8, 4) is 5.75 Å². The van der Waals surface area contributed by atoms with Gasteiger partial charge < -0.3 is 19.5 Å². The zero-order valence-electron chi connectivity index (χ0n) is 14.0. The molecule has 0 spiro atoms. The first-order valence-electron chi connectivity index (χ1n) is 7.71. The van der Waals surface area contributed by atoms with Gasteiger partial charge in [-0.05, 0) is 51.8 Å². The maximum Gasteiger partial charge on any atom is 0.410 e. The molecule has 0 radical (unpaired) electrons. The molecule has 0 saturated carbocycles. The third-order valence-corrected chi connectivity index (χ3v) is 3.53. The number of benzene rings is 1. The molecule has 1 amide bonds. The molecule has 1 heterocycles. The molecule has 0 aliphatic carbocycles. The second kappa shape index (κ2) is 6.48. The molecule has 23 heavy (non-hydrogen) atoms. The van der Waals surface area contributed by atoms with Gasteiger partial charge in [-0.2, -0.15) is 0 Å². The van der Waals surface area contributed by atoms with E-state index in [9.17, 15) is 14.7 Å². The fraction of sp³-hybridized carbons (Fsp3) is 0.529. The number of fused-ring (bicyclic) bond motifs is 1. The standard InChI is InChI=1S/C17H23NO5/c1-5-22-15(20)12-6-7-14(19)11-8-9-18(10-13(11)12)16(21)23-17(2,3)4/h6-7,19H,5,8-10H2,1-4H3. The largest absolute Gasteiger partial charge is 0.508 e. The van der Waals surface area contributed by atoms with Crippen LogP contribution in [0.15, 0.2) is 12.1 Å². The quantitative estimate of drug-likeness (QED) is 0.848. The number of esters is 1. The van der Waals surface area contributed by atoms with Crippen LogP contribution in [0.5, 0.6) is 5.75 Å². The molecule has 1 aliphatic rings. The minimum atomic E-state index is -0.583. The Morgan fingerprint density at radius 3 is 2.57 bits per heavy atom. The first kappa shape index (κ1) is 17.1. The van der Waals surface area contributed by atoms with E-state index in [1.54, 1.807) is 27.7 Å². The highest BCUT2D eigenvalue weighted by Gasteiger charge is 2.29. The molecule has 1 aliphatic heterocycles. The number of amides is 1. The van der Waals surface area contributed by atoms with Gasteiger partial charge in [-0.15, -0.1) is 0 Å². The van der Waals surface area contributed by atoms with Gasteiger partial charge in [-0.1, -0.05) is 0 Å². The molecular formula is C17H23NO5. The molecule has 2 rings (SSSR count). The molecule has 6 heteroatoms. The summed E-state index contributed by atoms with van der Waals surface area (Å²) in [5.41, 5.74) is 1.11. The van der Waals surface area contributed by atoms with Gasteiger partial charge in [0.1, 0.15) is 11.4 Å². The summed E-state index contributed by atoms with van der Waals surface area (Å²) in [5.74, 6) is -0.313. The SMILES string of the molecule is CCOC(=O)c1ccc(O)c2c1CN(C(=O)OC(C)(C)C)CC2. The predicted molar refractivity (Wildman–Crippen MR) is 84.4 cm³/mol. The second-order valence-corrected chi connectivity index (χ2v) is 6.46. The number of aromatic hydroxyl groups is 1. The summed E-state index contributed by atoms with van der Waals surface area (Å²) >= 11 is 0. The maximum absolute atomic E-state index is 12.2. The van der Waals surface area contributed by atoms with Crippen molar-refractivity contribution in [1.82, 2.24) is 4.90 Å². The average molecular weight is 321 g/mol. The van der Waals surface area contributed by atoms with Crippen LogP contribution in [-0.4, -0.2) is 40.8 Å². The maximum atomic E-state index is 12.2. The number of ether oxygens (including phenoxy) is 2. The van der Waals surface area contributed by atoms with Gasteiger partial charge in [-0.3, -0.25) is 0 Å². The number of carbonyl (C=O) groups is 2. The molecular weight excluding hydrogens is 298 g/mol. The van der Waals surface area contributed by atoms with E-state index in [2.05, 4.69) is 0 Å². The molecule has 0 bridgehead atoms. The van der Waals surface area contributed by atoms with Crippen LogP contribution in [-0.2, 0) is 22.4 Å². The monoisotopic (exact) mass is 321 g/mol. The summed E-state index contributed by atoms with van der Waals surface area (Å²) in [6.07, 6.45) is 0.0366. The summed E-state index contributed by atoms with van der Waals surface area (Å²) in [5, 5.41) is 10.0. The van der Waals surface area contributed by atoms with Gasteiger partial charge in [-0.25, -0.2) is 9.59 Å². The van der Waals surface area contributed by atoms with Crippen molar-refractivity contribution in [2.75, 3.05) is 13.2 Å². The van der Waals surface area contributed by atoms with Crippen LogP contribution in [0.1, 0.15) is 49.2 Å². The number of nitrogens with zero attached hydrogens (tertiary/aromatic N) is 1. The second-order valence-electron chi connectivity index (χ2n) is 6.46. The van der Waals surface area contributed by atoms with Crippen LogP contribution in [0.2, 0.25) is 0 Å². The van der Waals surface area contributed by atoms with Gasteiger partial charge in [0.2, 0.25) is 0 Å². The summed E-state index contributed by atoms with van der Waals surface area (Å²) in [4.78, 5) is 25.9. The highest BCUT2D eigenvalue weighted by atomic mass is 16.6. The minimum Gasteiger partial charge on any atom is -0.508 e. The number of hydrogen-bond donors (Lipinski definition) is 1. The van der Waals surface area contributed by atoms with Gasteiger partial charge in [0.15, 0.2) is 0 Å². The Labute approximate surface area is 136 Å². The van der Waals surface area contributed by atoms with E-state index in [1.165, 1.54) is 17.0 Å². The van der Waals surface area contributed by atoms with E-state index >= 15 is 0 Å². The smallest absolute Gasteiger partial charge is 0.410 e. The molecule has 6 nitrogen and oxygen atoms in total. The van der Waals surface area contributed by atoms with Crippen LogP contribution in [0, 0.1) is 0 Å². The van der Waals surface area contributed by atoms with Crippen LogP contribution >= 0.6 is 0 Å². The van der Waals surface area contributed by atoms with E-state index in [-0.39, 0.29) is 18.9 Å². The van der Waals surface area contributed by atoms with E-state index in [1.807, 2.05) is 0 Å². The number of rotatable bonds is 2. The molecule has 0 atom stereocenters. The zero-order valence-corrected chi connectivity index (χ0v) is 14.0. The van der Waals surface area contributed by atoms with Crippen molar-refractivity contribution >= 4 is 12.1 Å². The number of carbonyl (C=O) groups excluding carboxylic acids is 2. The highest BCUT2D eigenvalue weighted by molar-refractivity contribution is 5.92. The third-order valence-electron chi connectivity index (χ3n) is 3.53. The summed E-state index contributed by atoms with van der Waals surface area (Å²) < 4.78 is 10.4. The first-order chi connectivity index (χ1) is 10.7. The normalized spacial score (nSPS) is 14.2. The summed E-state index contributed by atoms with van der Waals surface area (Å²) in [7, 11) is 0. The van der Waals surface area contributed by atoms with Crippen molar-refractivity contribution in [2.45, 2.75) is 46.3 Å². The highest BCUT2D eigenvalue weighted by Crippen LogP contribution is 2.31. The molecule has 0 aromatic heterocycles. The molecule has 1 aromatic carbocycles. The van der Waals surface area contributed by atoms with Gasteiger partial charge in [0, 0.05) is 12.1 Å². The molecule has 0 unspecified atom stereocenters. The predicted octanol–water partition coefficient (Wildman–Crippen LogP) is 2.86. The Bertz CT molecular complexity index is 618. The Morgan fingerprint density at radius 1 is 1.26 bits per heavy atom. The van der Waals surface area contributed by atoms with Crippen molar-refractivity contribution in [3.05, 3.63) is 28.8 Å². The van der Waals surface area contributed by atoms with Gasteiger partial charge >= 0.3 is 12.1 Å². The van der Waals surface area contributed by atoms with Crippen LogP contribution in [0.4, 0.5) is 4.79 Å². The third kappa shape index (κ3) is 3.94. The lowest BCUT2D eigenvalue weighted by Crippen LogP contribution is -2.40. The van der Waals surface area contributed by atoms with Crippen molar-refractivity contribution in [2.24, 2.45) is 0 Å². The Kier molecular flexibility index (Phi) is 4.82. The van der Waals surface area contributed by atoms with Crippen LogP contribution in [0.25, 0.3) is 0 Å². The zero-order chi connectivity index (χ0) is 17.2. The molecule has 126 valence electrons. The van der Waals surface area contributed by atoms with E-state index < -0.39 is 17.7 Å². The number of hydrogen-bond acceptors (Lipinski definition) is 5. The van der Waals surface area contributed by atoms with Gasteiger partial charge in [0.25, 0.3) is 0 Å². The average Bonchev–Trinajstić information content (AvgIpc) is 2.45. The minimum absolute atomic E-state index is 0.136. The number of phenols is 1. The lowest BCUT2D eigenvalue weighted by Gasteiger charge is -2.32. The summed E-state index contributed by atoms with van der Waals surface area (Å²) in [6, 6.07) is 3.03. The molecule has 1 N–H and O–H groups in total. The molecule has 1 aromatic rings. The Morgan fingerprint density at radius 2 is 1.96 bits per heavy atom. The van der Waals surface area contributed by atoms with Crippen molar-refractivity contribution in [3.63, 3.8) is 0 Å². The molecule has 0 fully saturated rings. The summed E-state index contributed by atoms with van der Waals surface area (Å²) in [6.45, 7) is 8.06. The first-order valence-corrected chi connectivity index (χ1v) is 7.71. The van der Waals surface area contributed by atoms with Crippen molar-refractivity contribution in [1.29, 1.82) is 0 Å².